The molecule has 0 saturated heterocycles. The van der Waals surface area contributed by atoms with Gasteiger partial charge in [0.25, 0.3) is 0 Å². The summed E-state index contributed by atoms with van der Waals surface area (Å²) in [6.45, 7) is 2.17. The molecule has 0 unspecified atom stereocenters. The van der Waals surface area contributed by atoms with Crippen molar-refractivity contribution in [3.63, 3.8) is 0 Å². The number of benzene rings is 1. The molecular weight excluding hydrogens is 232 g/mol. The van der Waals surface area contributed by atoms with Gasteiger partial charge in [-0.15, -0.1) is 35.6 Å². The number of aryl methyl sites for hydroxylation is 1. The summed E-state index contributed by atoms with van der Waals surface area (Å²) in [7, 11) is 0. The molecule has 14 heavy (non-hydrogen) atoms. The van der Waals surface area contributed by atoms with Crippen LogP contribution in [0.25, 0.3) is 10.1 Å². The molecule has 2 aromatic rings. The number of thiol groups is 1. The Balaban J connectivity index is 2.77. The Bertz CT molecular complexity index is 419. The van der Waals surface area contributed by atoms with Gasteiger partial charge in [-0.3, -0.25) is 0 Å². The first-order chi connectivity index (χ1) is 6.76. The van der Waals surface area contributed by atoms with Crippen LogP contribution in [0.4, 0.5) is 0 Å². The lowest BCUT2D eigenvalue weighted by molar-refractivity contribution is 1.16. The predicted molar refractivity (Wildman–Crippen MR) is 68.0 cm³/mol. The highest BCUT2D eigenvalue weighted by atomic mass is 35.5. The summed E-state index contributed by atoms with van der Waals surface area (Å²) in [6, 6.07) is 6.43. The van der Waals surface area contributed by atoms with E-state index in [-0.39, 0.29) is 0 Å². The van der Waals surface area contributed by atoms with Gasteiger partial charge in [0.05, 0.1) is 4.21 Å². The second-order valence-corrected chi connectivity index (χ2v) is 5.30. The third-order valence-electron chi connectivity index (χ3n) is 2.37. The summed E-state index contributed by atoms with van der Waals surface area (Å²) in [5.41, 5.74) is 2.59. The highest BCUT2D eigenvalue weighted by Crippen LogP contribution is 2.34. The van der Waals surface area contributed by atoms with Crippen molar-refractivity contribution in [2.45, 2.75) is 23.4 Å². The van der Waals surface area contributed by atoms with E-state index in [1.165, 1.54) is 21.2 Å². The van der Waals surface area contributed by atoms with Crippen LogP contribution in [0.3, 0.4) is 0 Å². The van der Waals surface area contributed by atoms with Crippen LogP contribution in [0.2, 0.25) is 0 Å². The van der Waals surface area contributed by atoms with E-state index < -0.39 is 0 Å². The van der Waals surface area contributed by atoms with Crippen molar-refractivity contribution in [3.05, 3.63) is 29.3 Å². The van der Waals surface area contributed by atoms with Crippen LogP contribution in [0.15, 0.2) is 22.4 Å². The van der Waals surface area contributed by atoms with Gasteiger partial charge < -0.3 is 0 Å². The SMILES string of the molecule is CCc1ccc(CCl)c2sc(S)cc12. The lowest BCUT2D eigenvalue weighted by Gasteiger charge is -2.02. The molecule has 1 aromatic heterocycles. The molecule has 74 valence electrons. The predicted octanol–water partition coefficient (Wildman–Crippen LogP) is 4.49. The van der Waals surface area contributed by atoms with Gasteiger partial charge in [0.1, 0.15) is 0 Å². The quantitative estimate of drug-likeness (QED) is 0.582. The van der Waals surface area contributed by atoms with Crippen LogP contribution in [-0.4, -0.2) is 0 Å². The highest BCUT2D eigenvalue weighted by molar-refractivity contribution is 7.83. The number of hydrogen-bond acceptors (Lipinski definition) is 2. The molecule has 0 bridgehead atoms. The first-order valence-electron chi connectivity index (χ1n) is 4.55. The van der Waals surface area contributed by atoms with Crippen molar-refractivity contribution >= 4 is 45.7 Å². The average molecular weight is 243 g/mol. The van der Waals surface area contributed by atoms with Gasteiger partial charge in [0.2, 0.25) is 0 Å². The molecule has 3 heteroatoms. The van der Waals surface area contributed by atoms with Gasteiger partial charge in [-0.1, -0.05) is 19.1 Å². The Hall–Kier alpha value is -0.180. The number of alkyl halides is 1. The van der Waals surface area contributed by atoms with Crippen molar-refractivity contribution in [1.82, 2.24) is 0 Å². The molecule has 0 amide bonds. The summed E-state index contributed by atoms with van der Waals surface area (Å²) >= 11 is 12.0. The summed E-state index contributed by atoms with van der Waals surface area (Å²) < 4.78 is 2.36. The van der Waals surface area contributed by atoms with E-state index in [4.69, 9.17) is 11.6 Å². The normalized spacial score (nSPS) is 11.1. The molecule has 0 atom stereocenters. The molecular formula is C11H11ClS2. The minimum absolute atomic E-state index is 0.578. The zero-order chi connectivity index (χ0) is 10.1. The first-order valence-corrected chi connectivity index (χ1v) is 6.35. The lowest BCUT2D eigenvalue weighted by atomic mass is 10.1. The Morgan fingerprint density at radius 1 is 1.36 bits per heavy atom. The summed E-state index contributed by atoms with van der Waals surface area (Å²) in [5, 5.41) is 1.32. The summed E-state index contributed by atoms with van der Waals surface area (Å²) in [6.07, 6.45) is 1.06. The van der Waals surface area contributed by atoms with Crippen LogP contribution in [0.1, 0.15) is 18.1 Å². The van der Waals surface area contributed by atoms with Gasteiger partial charge in [-0.05, 0) is 29.0 Å². The van der Waals surface area contributed by atoms with Gasteiger partial charge >= 0.3 is 0 Å². The lowest BCUT2D eigenvalue weighted by Crippen LogP contribution is -1.84. The zero-order valence-corrected chi connectivity index (χ0v) is 10.3. The standard InChI is InChI=1S/C11H11ClS2/c1-2-7-3-4-8(6-12)11-9(7)5-10(13)14-11/h3-5,13H,2,6H2,1H3. The molecule has 0 radical (unpaired) electrons. The molecule has 0 aliphatic carbocycles. The third kappa shape index (κ3) is 1.67. The number of halogens is 1. The number of rotatable bonds is 2. The Labute approximate surface area is 98.3 Å². The maximum absolute atomic E-state index is 5.89. The van der Waals surface area contributed by atoms with E-state index >= 15 is 0 Å². The van der Waals surface area contributed by atoms with Crippen molar-refractivity contribution < 1.29 is 0 Å². The zero-order valence-electron chi connectivity index (χ0n) is 7.88. The molecule has 0 aliphatic rings. The molecule has 0 aliphatic heterocycles. The molecule has 1 heterocycles. The topological polar surface area (TPSA) is 0 Å². The Morgan fingerprint density at radius 2 is 2.07 bits per heavy atom. The van der Waals surface area contributed by atoms with E-state index in [1.807, 2.05) is 0 Å². The van der Waals surface area contributed by atoms with Crippen molar-refractivity contribution in [1.29, 1.82) is 0 Å². The second kappa shape index (κ2) is 4.13. The fourth-order valence-corrected chi connectivity index (χ4v) is 3.30. The largest absolute Gasteiger partial charge is 0.133 e. The van der Waals surface area contributed by atoms with Gasteiger partial charge in [0, 0.05) is 10.6 Å². The first kappa shape index (κ1) is 10.3. The second-order valence-electron chi connectivity index (χ2n) is 3.20. The van der Waals surface area contributed by atoms with Crippen LogP contribution in [0, 0.1) is 0 Å². The van der Waals surface area contributed by atoms with Crippen molar-refractivity contribution in [3.8, 4) is 0 Å². The van der Waals surface area contributed by atoms with E-state index in [1.54, 1.807) is 11.3 Å². The van der Waals surface area contributed by atoms with E-state index in [0.29, 0.717) is 5.88 Å². The van der Waals surface area contributed by atoms with Crippen molar-refractivity contribution in [2.24, 2.45) is 0 Å². The molecule has 2 rings (SSSR count). The Morgan fingerprint density at radius 3 is 2.71 bits per heavy atom. The van der Waals surface area contributed by atoms with Crippen LogP contribution >= 0.6 is 35.6 Å². The fraction of sp³-hybridized carbons (Fsp3) is 0.273. The monoisotopic (exact) mass is 242 g/mol. The van der Waals surface area contributed by atoms with Crippen LogP contribution < -0.4 is 0 Å². The molecule has 0 fully saturated rings. The average Bonchev–Trinajstić information content (AvgIpc) is 2.57. The van der Waals surface area contributed by atoms with E-state index in [2.05, 4.69) is 37.8 Å². The number of hydrogen-bond donors (Lipinski definition) is 1. The summed E-state index contributed by atoms with van der Waals surface area (Å²) in [4.78, 5) is 0. The minimum atomic E-state index is 0.578. The molecule has 0 spiro atoms. The highest BCUT2D eigenvalue weighted by Gasteiger charge is 2.07. The van der Waals surface area contributed by atoms with Crippen molar-refractivity contribution in [2.75, 3.05) is 0 Å². The summed E-state index contributed by atoms with van der Waals surface area (Å²) in [5.74, 6) is 0.578. The number of fused-ring (bicyclic) bond motifs is 1. The number of thiophene rings is 1. The van der Waals surface area contributed by atoms with Crippen LogP contribution in [-0.2, 0) is 12.3 Å². The fourth-order valence-electron chi connectivity index (χ4n) is 1.64. The smallest absolute Gasteiger partial charge is 0.0580 e. The minimum Gasteiger partial charge on any atom is -0.133 e. The molecule has 1 aromatic carbocycles. The molecule has 0 N–H and O–H groups in total. The third-order valence-corrected chi connectivity index (χ3v) is 4.07. The van der Waals surface area contributed by atoms with E-state index in [9.17, 15) is 0 Å². The maximum Gasteiger partial charge on any atom is 0.0580 e. The van der Waals surface area contributed by atoms with Gasteiger partial charge in [0.15, 0.2) is 0 Å². The van der Waals surface area contributed by atoms with Crippen LogP contribution in [0.5, 0.6) is 0 Å². The maximum atomic E-state index is 5.89. The molecule has 0 saturated carbocycles. The Kier molecular flexibility index (Phi) is 3.05. The van der Waals surface area contributed by atoms with Gasteiger partial charge in [-0.2, -0.15) is 0 Å². The van der Waals surface area contributed by atoms with Gasteiger partial charge in [-0.25, -0.2) is 0 Å². The van der Waals surface area contributed by atoms with E-state index in [0.717, 1.165) is 10.6 Å². The molecule has 0 nitrogen and oxygen atoms in total.